The van der Waals surface area contributed by atoms with Gasteiger partial charge in [0.05, 0.1) is 4.92 Å². The van der Waals surface area contributed by atoms with Crippen LogP contribution in [0.4, 0.5) is 10.8 Å². The number of aromatic nitrogens is 1. The number of oxime groups is 1. The summed E-state index contributed by atoms with van der Waals surface area (Å²) < 4.78 is 5.29. The van der Waals surface area contributed by atoms with E-state index in [1.807, 2.05) is 0 Å². The lowest BCUT2D eigenvalue weighted by Gasteiger charge is -2.48. The first-order valence-electron chi connectivity index (χ1n) is 11.2. The summed E-state index contributed by atoms with van der Waals surface area (Å²) in [6, 6.07) is 4.43. The molecule has 0 bridgehead atoms. The van der Waals surface area contributed by atoms with E-state index in [0.717, 1.165) is 11.3 Å². The molecule has 4 amide bonds. The van der Waals surface area contributed by atoms with Gasteiger partial charge < -0.3 is 25.9 Å². The molecule has 2 atom stereocenters. The van der Waals surface area contributed by atoms with Crippen LogP contribution < -0.4 is 16.4 Å². The first-order chi connectivity index (χ1) is 19.2. The number of thiazole rings is 1. The highest BCUT2D eigenvalue weighted by Crippen LogP contribution is 2.38. The predicted molar refractivity (Wildman–Crippen MR) is 139 cm³/mol. The Morgan fingerprint density at radius 3 is 2.73 bits per heavy atom. The molecule has 1 aromatic carbocycles. The van der Waals surface area contributed by atoms with Crippen molar-refractivity contribution >= 4 is 69.7 Å². The van der Waals surface area contributed by atoms with E-state index in [0.29, 0.717) is 17.7 Å². The van der Waals surface area contributed by atoms with Gasteiger partial charge in [-0.3, -0.25) is 34.2 Å². The lowest BCUT2D eigenvalue weighted by Crippen LogP contribution is -2.70. The second-order valence-electron chi connectivity index (χ2n) is 7.95. The van der Waals surface area contributed by atoms with Crippen molar-refractivity contribution in [3.05, 3.63) is 62.8 Å². The number of amides is 4. The third-order valence-corrected chi connectivity index (χ3v) is 7.32. The number of nitro groups is 1. The number of anilines is 1. The monoisotopic (exact) mass is 589 g/mol. The summed E-state index contributed by atoms with van der Waals surface area (Å²) in [4.78, 5) is 80.8. The molecule has 4 N–H and O–H groups in total. The number of thioether (sulfide) groups is 1. The fraction of sp³-hybridized carbons (Fsp3) is 0.227. The van der Waals surface area contributed by atoms with Gasteiger partial charge in [0.1, 0.15) is 29.4 Å². The minimum absolute atomic E-state index is 0.00363. The summed E-state index contributed by atoms with van der Waals surface area (Å²) in [6.45, 7) is -0.793. The first-order valence-corrected chi connectivity index (χ1v) is 13.1. The number of nitrogens with two attached hydrogens (primary N) is 1. The van der Waals surface area contributed by atoms with Crippen LogP contribution in [-0.2, 0) is 40.2 Å². The lowest BCUT2D eigenvalue weighted by atomic mass is 10.0. The van der Waals surface area contributed by atoms with Crippen LogP contribution in [0.3, 0.4) is 0 Å². The zero-order valence-corrected chi connectivity index (χ0v) is 21.8. The normalized spacial score (nSPS) is 18.0. The summed E-state index contributed by atoms with van der Waals surface area (Å²) >= 11 is 2.29. The van der Waals surface area contributed by atoms with Crippen LogP contribution in [0.15, 0.2) is 46.6 Å². The number of fused-ring (bicyclic) bond motifs is 1. The highest BCUT2D eigenvalue weighted by atomic mass is 32.2. The Kier molecular flexibility index (Phi) is 8.70. The highest BCUT2D eigenvalue weighted by Gasteiger charge is 2.53. The molecule has 0 radical (unpaired) electrons. The Morgan fingerprint density at radius 2 is 2.05 bits per heavy atom. The van der Waals surface area contributed by atoms with Gasteiger partial charge in [0.15, 0.2) is 17.5 Å². The van der Waals surface area contributed by atoms with Crippen molar-refractivity contribution in [1.82, 2.24) is 15.2 Å². The number of β-lactam (4-membered cyclic amide) rings is 1. The van der Waals surface area contributed by atoms with Crippen molar-refractivity contribution in [2.45, 2.75) is 18.0 Å². The van der Waals surface area contributed by atoms with Crippen molar-refractivity contribution in [2.75, 3.05) is 17.7 Å². The summed E-state index contributed by atoms with van der Waals surface area (Å²) in [7, 11) is 0. The minimum atomic E-state index is -1.03. The molecular weight excluding hydrogens is 570 g/mol. The van der Waals surface area contributed by atoms with Gasteiger partial charge in [-0.1, -0.05) is 5.16 Å². The van der Waals surface area contributed by atoms with E-state index in [-0.39, 0.29) is 34.5 Å². The number of primary amides is 1. The fourth-order valence-corrected chi connectivity index (χ4v) is 5.39. The molecule has 1 unspecified atom stereocenters. The van der Waals surface area contributed by atoms with E-state index in [1.165, 1.54) is 52.4 Å². The molecule has 18 heteroatoms. The zero-order chi connectivity index (χ0) is 28.8. The maximum atomic E-state index is 13.1. The Morgan fingerprint density at radius 1 is 1.30 bits per heavy atom. The summed E-state index contributed by atoms with van der Waals surface area (Å²) in [5.41, 5.74) is 5.08. The van der Waals surface area contributed by atoms with E-state index < -0.39 is 46.6 Å². The van der Waals surface area contributed by atoms with Gasteiger partial charge in [0, 0.05) is 23.3 Å². The average Bonchev–Trinajstić information content (AvgIpc) is 3.40. The SMILES string of the molecule is NC(=O)CON=C(C(=O)NC1C(=O)N2C(C(=O)OCc3ccc([N+](=O)[O-])cc3)=CCS[C@H]12)c1csc(NC=O)n1. The molecule has 16 nitrogen and oxygen atoms in total. The van der Waals surface area contributed by atoms with E-state index in [2.05, 4.69) is 20.8 Å². The number of hydrogen-bond acceptors (Lipinski definition) is 13. The van der Waals surface area contributed by atoms with Crippen molar-refractivity contribution < 1.29 is 38.5 Å². The Labute approximate surface area is 232 Å². The predicted octanol–water partition coefficient (Wildman–Crippen LogP) is -0.147. The minimum Gasteiger partial charge on any atom is -0.456 e. The van der Waals surface area contributed by atoms with Crippen molar-refractivity contribution in [3.63, 3.8) is 0 Å². The number of ether oxygens (including phenoxy) is 1. The lowest BCUT2D eigenvalue weighted by molar-refractivity contribution is -0.384. The van der Waals surface area contributed by atoms with Gasteiger partial charge in [-0.2, -0.15) is 0 Å². The molecule has 40 heavy (non-hydrogen) atoms. The van der Waals surface area contributed by atoms with Gasteiger partial charge >= 0.3 is 5.97 Å². The number of rotatable bonds is 12. The van der Waals surface area contributed by atoms with Gasteiger partial charge in [0.2, 0.25) is 6.41 Å². The molecule has 3 heterocycles. The fourth-order valence-electron chi connectivity index (χ4n) is 3.54. The van der Waals surface area contributed by atoms with E-state index in [9.17, 15) is 34.1 Å². The molecule has 0 saturated carbocycles. The van der Waals surface area contributed by atoms with Crippen LogP contribution in [0, 0.1) is 10.1 Å². The van der Waals surface area contributed by atoms with Gasteiger partial charge in [0.25, 0.3) is 23.4 Å². The zero-order valence-electron chi connectivity index (χ0n) is 20.2. The molecule has 0 spiro atoms. The van der Waals surface area contributed by atoms with Crippen molar-refractivity contribution in [1.29, 1.82) is 0 Å². The smallest absolute Gasteiger partial charge is 0.355 e. The third kappa shape index (κ3) is 6.24. The first kappa shape index (κ1) is 28.2. The third-order valence-electron chi connectivity index (χ3n) is 5.37. The largest absolute Gasteiger partial charge is 0.456 e. The quantitative estimate of drug-likeness (QED) is 0.0737. The van der Waals surface area contributed by atoms with E-state index >= 15 is 0 Å². The Hall–Kier alpha value is -4.84. The molecule has 2 aliphatic heterocycles. The average molecular weight is 590 g/mol. The van der Waals surface area contributed by atoms with Gasteiger partial charge in [-0.25, -0.2) is 9.78 Å². The Balaban J connectivity index is 1.41. The van der Waals surface area contributed by atoms with Crippen LogP contribution in [0.2, 0.25) is 0 Å². The number of esters is 1. The molecule has 1 fully saturated rings. The molecule has 1 aromatic heterocycles. The molecular formula is C22H19N7O9S2. The van der Waals surface area contributed by atoms with Crippen molar-refractivity contribution in [2.24, 2.45) is 10.9 Å². The standard InChI is InChI=1S/C22H19N7O9S2/c23-15(31)8-38-27-16(13-9-40-22(25-13)24-10-30)18(32)26-17-19(33)28-14(5-6-39-20(17)28)21(34)37-7-11-1-3-12(4-2-11)29(35)36/h1-5,9-10,17,20H,6-8H2,(H2,23,31)(H,26,32)(H,24,25,30)/t17?,20-/m1/s1. The van der Waals surface area contributed by atoms with Crippen LogP contribution in [0.1, 0.15) is 11.3 Å². The number of benzene rings is 1. The van der Waals surface area contributed by atoms with Crippen LogP contribution in [-0.4, -0.2) is 74.4 Å². The molecule has 2 aromatic rings. The molecule has 4 rings (SSSR count). The highest BCUT2D eigenvalue weighted by molar-refractivity contribution is 8.00. The second-order valence-corrected chi connectivity index (χ2v) is 9.96. The second kappa shape index (κ2) is 12.3. The Bertz CT molecular complexity index is 1420. The van der Waals surface area contributed by atoms with Gasteiger partial charge in [-0.15, -0.1) is 23.1 Å². The van der Waals surface area contributed by atoms with E-state index in [4.69, 9.17) is 15.3 Å². The van der Waals surface area contributed by atoms with Crippen LogP contribution in [0.25, 0.3) is 0 Å². The summed E-state index contributed by atoms with van der Waals surface area (Å²) in [5.74, 6) is -2.71. The maximum Gasteiger partial charge on any atom is 0.355 e. The van der Waals surface area contributed by atoms with E-state index in [1.54, 1.807) is 0 Å². The number of carbonyl (C=O) groups is 5. The maximum absolute atomic E-state index is 13.1. The number of hydrogen-bond donors (Lipinski definition) is 3. The number of nitrogens with one attached hydrogen (secondary N) is 2. The number of carbonyl (C=O) groups excluding carboxylic acids is 5. The summed E-state index contributed by atoms with van der Waals surface area (Å²) in [6.07, 6.45) is 1.92. The molecule has 2 aliphatic rings. The molecule has 1 saturated heterocycles. The topological polar surface area (TPSA) is 226 Å². The van der Waals surface area contributed by atoms with Crippen LogP contribution in [0.5, 0.6) is 0 Å². The van der Waals surface area contributed by atoms with Gasteiger partial charge in [-0.05, 0) is 23.8 Å². The number of nitrogens with zero attached hydrogens (tertiary/aromatic N) is 4. The van der Waals surface area contributed by atoms with Crippen LogP contribution >= 0.6 is 23.1 Å². The number of nitro benzene ring substituents is 1. The van der Waals surface area contributed by atoms with Crippen molar-refractivity contribution in [3.8, 4) is 0 Å². The summed E-state index contributed by atoms with van der Waals surface area (Å²) in [5, 5.41) is 20.2. The number of non-ortho nitro benzene ring substituents is 1. The molecule has 0 aliphatic carbocycles. The molecule has 208 valence electrons.